The fourth-order valence-electron chi connectivity index (χ4n) is 3.28. The third kappa shape index (κ3) is 9.12. The van der Waals surface area contributed by atoms with Crippen LogP contribution >= 0.6 is 0 Å². The van der Waals surface area contributed by atoms with Gasteiger partial charge in [-0.25, -0.2) is 0 Å². The summed E-state index contributed by atoms with van der Waals surface area (Å²) in [5.41, 5.74) is 0. The minimum atomic E-state index is -2.34. The van der Waals surface area contributed by atoms with Crippen LogP contribution in [0.5, 0.6) is 0 Å². The molecule has 22 heavy (non-hydrogen) atoms. The molecule has 0 radical (unpaired) electrons. The molecular weight excluding hydrogens is 391 g/mol. The number of hydrogen-bond donors (Lipinski definition) is 1. The van der Waals surface area contributed by atoms with Crippen molar-refractivity contribution in [2.45, 2.75) is 98.3 Å². The third-order valence-corrected chi connectivity index (χ3v) is 22.4. The van der Waals surface area contributed by atoms with Crippen LogP contribution < -0.4 is 0 Å². The second-order valence-corrected chi connectivity index (χ2v) is 27.2. The van der Waals surface area contributed by atoms with Crippen LogP contribution in [0.4, 0.5) is 0 Å². The van der Waals surface area contributed by atoms with Gasteiger partial charge >= 0.3 is 146 Å². The van der Waals surface area contributed by atoms with Crippen molar-refractivity contribution < 1.29 is 5.11 Å². The fraction of sp³-hybridized carbons (Fsp3) is 0.895. The Morgan fingerprint density at radius 1 is 0.864 bits per heavy atom. The Kier molecular flexibility index (Phi) is 12.5. The van der Waals surface area contributed by atoms with Gasteiger partial charge in [-0.05, 0) is 0 Å². The maximum atomic E-state index is 10.2. The summed E-state index contributed by atoms with van der Waals surface area (Å²) in [7, 11) is -1.06. The van der Waals surface area contributed by atoms with Crippen molar-refractivity contribution in [3.05, 3.63) is 9.67 Å². The van der Waals surface area contributed by atoms with Crippen molar-refractivity contribution in [3.8, 4) is 0 Å². The minimum absolute atomic E-state index is 0.359. The first kappa shape index (κ1) is 22.7. The Hall–Kier alpha value is 0.716. The summed E-state index contributed by atoms with van der Waals surface area (Å²) in [4.78, 5) is 0. The van der Waals surface area contributed by atoms with Gasteiger partial charge in [-0.15, -0.1) is 0 Å². The maximum absolute atomic E-state index is 10.2. The van der Waals surface area contributed by atoms with Crippen LogP contribution in [0.1, 0.15) is 59.3 Å². The predicted octanol–water partition coefficient (Wildman–Crippen LogP) is 6.63. The van der Waals surface area contributed by atoms with E-state index < -0.39 is 26.5 Å². The molecular formula is C19H42OSiSn. The first-order chi connectivity index (χ1) is 10.3. The van der Waals surface area contributed by atoms with Crippen LogP contribution in [-0.2, 0) is 0 Å². The zero-order valence-corrected chi connectivity index (χ0v) is 20.2. The zero-order chi connectivity index (χ0) is 17.1. The van der Waals surface area contributed by atoms with Gasteiger partial charge in [-0.1, -0.05) is 0 Å². The van der Waals surface area contributed by atoms with Crippen molar-refractivity contribution in [1.82, 2.24) is 0 Å². The van der Waals surface area contributed by atoms with Crippen LogP contribution in [0, 0.1) is 0 Å². The average molecular weight is 433 g/mol. The molecule has 3 heteroatoms. The van der Waals surface area contributed by atoms with Crippen molar-refractivity contribution >= 4 is 26.5 Å². The van der Waals surface area contributed by atoms with Crippen molar-refractivity contribution in [2.24, 2.45) is 0 Å². The van der Waals surface area contributed by atoms with E-state index in [0.29, 0.717) is 6.61 Å². The SMILES string of the molecule is CCC[CH2][Sn]([CH2]CCC)([CH2]CCC)[C](=CC[Si](C)(C)C)CO. The van der Waals surface area contributed by atoms with Gasteiger partial charge in [0, 0.05) is 0 Å². The molecule has 0 aromatic carbocycles. The van der Waals surface area contributed by atoms with E-state index in [0.717, 1.165) is 0 Å². The molecule has 0 saturated carbocycles. The summed E-state index contributed by atoms with van der Waals surface area (Å²) in [5.74, 6) is 0. The summed E-state index contributed by atoms with van der Waals surface area (Å²) >= 11 is -2.34. The third-order valence-electron chi connectivity index (χ3n) is 4.84. The van der Waals surface area contributed by atoms with E-state index in [9.17, 15) is 5.11 Å². The monoisotopic (exact) mass is 434 g/mol. The number of unbranched alkanes of at least 4 members (excludes halogenated alkanes) is 3. The number of aliphatic hydroxyl groups is 1. The number of hydrogen-bond acceptors (Lipinski definition) is 1. The van der Waals surface area contributed by atoms with Gasteiger partial charge < -0.3 is 0 Å². The number of aliphatic hydroxyl groups excluding tert-OH is 1. The molecule has 0 fully saturated rings. The number of allylic oxidation sites excluding steroid dienone is 1. The molecule has 0 aromatic rings. The van der Waals surface area contributed by atoms with Crippen LogP contribution in [-0.4, -0.2) is 38.2 Å². The molecule has 0 unspecified atom stereocenters. The topological polar surface area (TPSA) is 20.2 Å². The van der Waals surface area contributed by atoms with Crippen LogP contribution in [0.15, 0.2) is 9.67 Å². The second-order valence-electron chi connectivity index (χ2n) is 8.24. The Morgan fingerprint density at radius 2 is 1.27 bits per heavy atom. The Labute approximate surface area is 145 Å². The van der Waals surface area contributed by atoms with Gasteiger partial charge in [0.1, 0.15) is 0 Å². The van der Waals surface area contributed by atoms with Gasteiger partial charge in [-0.2, -0.15) is 0 Å². The van der Waals surface area contributed by atoms with Gasteiger partial charge in [-0.3, -0.25) is 0 Å². The van der Waals surface area contributed by atoms with Gasteiger partial charge in [0.2, 0.25) is 0 Å². The molecule has 1 nitrogen and oxygen atoms in total. The average Bonchev–Trinajstić information content (AvgIpc) is 2.47. The molecule has 0 aliphatic carbocycles. The second kappa shape index (κ2) is 12.1. The Bertz CT molecular complexity index is 285. The van der Waals surface area contributed by atoms with Crippen molar-refractivity contribution in [1.29, 1.82) is 0 Å². The van der Waals surface area contributed by atoms with Crippen LogP contribution in [0.2, 0.25) is 39.0 Å². The molecule has 1 N–H and O–H groups in total. The molecule has 0 atom stereocenters. The summed E-state index contributed by atoms with van der Waals surface area (Å²) in [6.45, 7) is 14.7. The summed E-state index contributed by atoms with van der Waals surface area (Å²) in [5, 5.41) is 10.2. The molecule has 132 valence electrons. The molecule has 0 amide bonds. The van der Waals surface area contributed by atoms with E-state index in [-0.39, 0.29) is 0 Å². The first-order valence-corrected chi connectivity index (χ1v) is 20.8. The molecule has 0 spiro atoms. The zero-order valence-electron chi connectivity index (χ0n) is 16.3. The number of rotatable bonds is 13. The Balaban J connectivity index is 5.39. The van der Waals surface area contributed by atoms with E-state index in [4.69, 9.17) is 0 Å². The standard InChI is InChI=1S/C7H15OSi.3C4H9.Sn/c1-9(2,3)7-5-4-6-8;3*1-3-4-2;/h5,8H,6-7H2,1-3H3;3*1,3-4H2,2H3;. The summed E-state index contributed by atoms with van der Waals surface area (Å²) < 4.78 is 6.00. The summed E-state index contributed by atoms with van der Waals surface area (Å²) in [6.07, 6.45) is 10.6. The normalized spacial score (nSPS) is 13.7. The van der Waals surface area contributed by atoms with Gasteiger partial charge in [0.15, 0.2) is 0 Å². The molecule has 0 heterocycles. The molecule has 0 aromatic heterocycles. The van der Waals surface area contributed by atoms with E-state index in [1.54, 1.807) is 3.59 Å². The quantitative estimate of drug-likeness (QED) is 0.323. The van der Waals surface area contributed by atoms with Crippen molar-refractivity contribution in [2.75, 3.05) is 6.61 Å². The van der Waals surface area contributed by atoms with E-state index in [2.05, 4.69) is 46.5 Å². The van der Waals surface area contributed by atoms with E-state index in [1.165, 1.54) is 57.9 Å². The predicted molar refractivity (Wildman–Crippen MR) is 108 cm³/mol. The molecule has 0 bridgehead atoms. The molecule has 0 rings (SSSR count). The molecule has 0 aliphatic rings. The fourth-order valence-corrected chi connectivity index (χ4v) is 20.9. The first-order valence-electron chi connectivity index (χ1n) is 9.65. The van der Waals surface area contributed by atoms with Crippen LogP contribution in [0.25, 0.3) is 0 Å². The van der Waals surface area contributed by atoms with Gasteiger partial charge in [0.25, 0.3) is 0 Å². The van der Waals surface area contributed by atoms with E-state index >= 15 is 0 Å². The van der Waals surface area contributed by atoms with E-state index in [1.807, 2.05) is 0 Å². The molecule has 0 saturated heterocycles. The van der Waals surface area contributed by atoms with Gasteiger partial charge in [0.05, 0.1) is 0 Å². The van der Waals surface area contributed by atoms with Crippen LogP contribution in [0.3, 0.4) is 0 Å². The Morgan fingerprint density at radius 3 is 1.55 bits per heavy atom. The van der Waals surface area contributed by atoms with Crippen molar-refractivity contribution in [3.63, 3.8) is 0 Å². The molecule has 0 aliphatic heterocycles. The summed E-state index contributed by atoms with van der Waals surface area (Å²) in [6, 6.07) is 1.26.